The Morgan fingerprint density at radius 2 is 2.00 bits per heavy atom. The van der Waals surface area contributed by atoms with E-state index in [4.69, 9.17) is 9.47 Å². The van der Waals surface area contributed by atoms with Crippen LogP contribution in [0, 0.1) is 0 Å². The number of fused-ring (bicyclic) bond motifs is 1. The summed E-state index contributed by atoms with van der Waals surface area (Å²) < 4.78 is 40.8. The lowest BCUT2D eigenvalue weighted by atomic mass is 10.1. The van der Waals surface area contributed by atoms with Crippen molar-refractivity contribution in [3.63, 3.8) is 0 Å². The molecule has 162 valence electrons. The Kier molecular flexibility index (Phi) is 7.10. The van der Waals surface area contributed by atoms with Gasteiger partial charge < -0.3 is 29.7 Å². The molecule has 1 aromatic carbocycles. The summed E-state index contributed by atoms with van der Waals surface area (Å²) in [5, 5.41) is 6.28. The molecular weight excluding hydrogens is 396 g/mol. The summed E-state index contributed by atoms with van der Waals surface area (Å²) in [6, 6.07) is 6.89. The van der Waals surface area contributed by atoms with E-state index in [9.17, 15) is 8.78 Å². The van der Waals surface area contributed by atoms with Crippen molar-refractivity contribution in [2.24, 2.45) is 4.99 Å². The van der Waals surface area contributed by atoms with Crippen molar-refractivity contribution >= 4 is 11.8 Å². The second-order valence-electron chi connectivity index (χ2n) is 6.66. The minimum absolute atomic E-state index is 0.0300. The number of ether oxygens (including phenoxy) is 3. The van der Waals surface area contributed by atoms with Crippen LogP contribution in [-0.2, 0) is 13.1 Å². The molecule has 2 aromatic rings. The molecule has 3 rings (SSSR count). The summed E-state index contributed by atoms with van der Waals surface area (Å²) in [6.07, 6.45) is 1.74. The van der Waals surface area contributed by atoms with E-state index < -0.39 is 6.61 Å². The van der Waals surface area contributed by atoms with E-state index in [1.807, 2.05) is 38.1 Å². The lowest BCUT2D eigenvalue weighted by Crippen LogP contribution is -2.36. The van der Waals surface area contributed by atoms with E-state index in [1.165, 1.54) is 6.07 Å². The molecule has 0 unspecified atom stereocenters. The standard InChI is InChI=1S/C20H25F2N5O3/c1-4-23-20(25-10-13-5-6-24-18(7-13)27(2)3)26-11-14-8-16-17(29-12-28-16)9-15(14)30-19(21)22/h5-9,19H,4,10-12H2,1-3H3,(H2,23,25,26). The molecule has 8 nitrogen and oxygen atoms in total. The zero-order valence-electron chi connectivity index (χ0n) is 17.1. The van der Waals surface area contributed by atoms with E-state index in [1.54, 1.807) is 12.3 Å². The Bertz CT molecular complexity index is 893. The highest BCUT2D eigenvalue weighted by Gasteiger charge is 2.20. The van der Waals surface area contributed by atoms with E-state index in [0.29, 0.717) is 36.1 Å². The van der Waals surface area contributed by atoms with Gasteiger partial charge >= 0.3 is 6.61 Å². The Hall–Kier alpha value is -3.30. The fourth-order valence-electron chi connectivity index (χ4n) is 2.80. The highest BCUT2D eigenvalue weighted by atomic mass is 19.3. The molecule has 1 aliphatic rings. The summed E-state index contributed by atoms with van der Waals surface area (Å²) in [5.41, 5.74) is 1.50. The lowest BCUT2D eigenvalue weighted by molar-refractivity contribution is -0.0505. The average Bonchev–Trinajstić information content (AvgIpc) is 3.17. The normalized spacial score (nSPS) is 12.8. The van der Waals surface area contributed by atoms with Gasteiger partial charge in [0.25, 0.3) is 0 Å². The predicted octanol–water partition coefficient (Wildman–Crippen LogP) is 2.73. The molecule has 0 atom stereocenters. The molecule has 2 heterocycles. The van der Waals surface area contributed by atoms with Gasteiger partial charge in [-0.3, -0.25) is 0 Å². The molecule has 0 saturated carbocycles. The van der Waals surface area contributed by atoms with Crippen LogP contribution in [0.25, 0.3) is 0 Å². The number of halogens is 2. The molecule has 0 fully saturated rings. The van der Waals surface area contributed by atoms with Crippen LogP contribution >= 0.6 is 0 Å². The first-order valence-electron chi connectivity index (χ1n) is 9.48. The summed E-state index contributed by atoms with van der Waals surface area (Å²) in [6.45, 7) is 0.338. The van der Waals surface area contributed by atoms with Gasteiger partial charge in [-0.1, -0.05) is 0 Å². The summed E-state index contributed by atoms with van der Waals surface area (Å²) in [7, 11) is 3.84. The molecule has 0 saturated heterocycles. The number of hydrogen-bond donors (Lipinski definition) is 2. The maximum Gasteiger partial charge on any atom is 0.387 e. The van der Waals surface area contributed by atoms with Crippen LogP contribution in [0.3, 0.4) is 0 Å². The van der Waals surface area contributed by atoms with Crippen LogP contribution in [-0.4, -0.2) is 45.0 Å². The number of rotatable bonds is 8. The topological polar surface area (TPSA) is 80.2 Å². The molecule has 0 radical (unpaired) electrons. The average molecular weight is 421 g/mol. The highest BCUT2D eigenvalue weighted by Crippen LogP contribution is 2.38. The van der Waals surface area contributed by atoms with Crippen LogP contribution in [0.1, 0.15) is 18.1 Å². The van der Waals surface area contributed by atoms with E-state index in [2.05, 4.69) is 25.3 Å². The second kappa shape index (κ2) is 9.95. The summed E-state index contributed by atoms with van der Waals surface area (Å²) in [4.78, 5) is 10.8. The number of guanidine groups is 1. The van der Waals surface area contributed by atoms with Crippen molar-refractivity contribution in [1.82, 2.24) is 15.6 Å². The first-order valence-corrected chi connectivity index (χ1v) is 9.48. The molecule has 1 aliphatic heterocycles. The van der Waals surface area contributed by atoms with Crippen molar-refractivity contribution in [2.45, 2.75) is 26.6 Å². The number of pyridine rings is 1. The van der Waals surface area contributed by atoms with Crippen molar-refractivity contribution < 1.29 is 23.0 Å². The number of alkyl halides is 2. The highest BCUT2D eigenvalue weighted by molar-refractivity contribution is 5.79. The summed E-state index contributed by atoms with van der Waals surface area (Å²) in [5.74, 6) is 2.28. The minimum atomic E-state index is -2.94. The Labute approximate surface area is 173 Å². The lowest BCUT2D eigenvalue weighted by Gasteiger charge is -2.15. The van der Waals surface area contributed by atoms with E-state index in [-0.39, 0.29) is 19.1 Å². The number of aliphatic imine (C=N–C) groups is 1. The van der Waals surface area contributed by atoms with Gasteiger partial charge in [-0.15, -0.1) is 0 Å². The molecule has 0 spiro atoms. The maximum atomic E-state index is 12.8. The monoisotopic (exact) mass is 421 g/mol. The van der Waals surface area contributed by atoms with Crippen molar-refractivity contribution in [2.75, 3.05) is 32.3 Å². The number of nitrogens with zero attached hydrogens (tertiary/aromatic N) is 3. The maximum absolute atomic E-state index is 12.8. The number of anilines is 1. The molecule has 10 heteroatoms. The van der Waals surface area contributed by atoms with Crippen molar-refractivity contribution in [3.05, 3.63) is 41.6 Å². The molecule has 0 bridgehead atoms. The third-order valence-electron chi connectivity index (χ3n) is 4.25. The molecule has 0 aliphatic carbocycles. The Morgan fingerprint density at radius 3 is 2.70 bits per heavy atom. The predicted molar refractivity (Wildman–Crippen MR) is 109 cm³/mol. The third kappa shape index (κ3) is 5.62. The molecule has 30 heavy (non-hydrogen) atoms. The van der Waals surface area contributed by atoms with Gasteiger partial charge in [-0.25, -0.2) is 9.98 Å². The van der Waals surface area contributed by atoms with Gasteiger partial charge in [0.1, 0.15) is 11.6 Å². The van der Waals surface area contributed by atoms with Gasteiger partial charge in [-0.05, 0) is 30.7 Å². The zero-order chi connectivity index (χ0) is 21.5. The molecule has 2 N–H and O–H groups in total. The van der Waals surface area contributed by atoms with Gasteiger partial charge in [0.05, 0.1) is 6.54 Å². The zero-order valence-corrected chi connectivity index (χ0v) is 17.1. The largest absolute Gasteiger partial charge is 0.454 e. The number of aromatic nitrogens is 1. The van der Waals surface area contributed by atoms with Crippen molar-refractivity contribution in [3.8, 4) is 17.2 Å². The number of hydrogen-bond acceptors (Lipinski definition) is 6. The van der Waals surface area contributed by atoms with Gasteiger partial charge in [-0.2, -0.15) is 8.78 Å². The van der Waals surface area contributed by atoms with E-state index >= 15 is 0 Å². The Morgan fingerprint density at radius 1 is 1.23 bits per heavy atom. The van der Waals surface area contributed by atoms with Gasteiger partial charge in [0.2, 0.25) is 6.79 Å². The molecule has 0 amide bonds. The smallest absolute Gasteiger partial charge is 0.387 e. The fourth-order valence-corrected chi connectivity index (χ4v) is 2.80. The SMILES string of the molecule is CCNC(=NCc1ccnc(N(C)C)c1)NCc1cc2c(cc1OC(F)F)OCO2. The quantitative estimate of drug-likeness (QED) is 0.501. The van der Waals surface area contributed by atoms with Crippen LogP contribution in [0.2, 0.25) is 0 Å². The molecular formula is C20H25F2N5O3. The van der Waals surface area contributed by atoms with Gasteiger partial charge in [0.15, 0.2) is 17.5 Å². The Balaban J connectivity index is 1.73. The second-order valence-corrected chi connectivity index (χ2v) is 6.66. The molecule has 1 aromatic heterocycles. The van der Waals surface area contributed by atoms with Crippen LogP contribution in [0.4, 0.5) is 14.6 Å². The van der Waals surface area contributed by atoms with Crippen LogP contribution < -0.4 is 29.7 Å². The van der Waals surface area contributed by atoms with Gasteiger partial charge in [0, 0.05) is 45.0 Å². The van der Waals surface area contributed by atoms with Crippen molar-refractivity contribution in [1.29, 1.82) is 0 Å². The first kappa shape index (κ1) is 21.4. The number of nitrogens with one attached hydrogen (secondary N) is 2. The minimum Gasteiger partial charge on any atom is -0.454 e. The summed E-state index contributed by atoms with van der Waals surface area (Å²) >= 11 is 0. The van der Waals surface area contributed by atoms with Crippen LogP contribution in [0.5, 0.6) is 17.2 Å². The van der Waals surface area contributed by atoms with Crippen LogP contribution in [0.15, 0.2) is 35.5 Å². The third-order valence-corrected chi connectivity index (χ3v) is 4.25. The fraction of sp³-hybridized carbons (Fsp3) is 0.400. The van der Waals surface area contributed by atoms with E-state index in [0.717, 1.165) is 11.4 Å². The number of benzene rings is 1. The first-order chi connectivity index (χ1) is 14.5.